The second-order valence-electron chi connectivity index (χ2n) is 2.21. The molecule has 2 aromatic heterocycles. The van der Waals surface area contributed by atoms with E-state index in [1.807, 2.05) is 11.4 Å². The Morgan fingerprint density at radius 3 is 2.85 bits per heavy atom. The van der Waals surface area contributed by atoms with Crippen molar-refractivity contribution in [3.05, 3.63) is 15.4 Å². The Bertz CT molecular complexity index is 412. The number of aromatic nitrogens is 2. The van der Waals surface area contributed by atoms with Crippen LogP contribution in [-0.2, 0) is 0 Å². The van der Waals surface area contributed by atoms with Gasteiger partial charge in [0.1, 0.15) is 5.75 Å². The fourth-order valence-corrected chi connectivity index (χ4v) is 2.87. The molecule has 0 aromatic carbocycles. The molecule has 0 saturated carbocycles. The lowest BCUT2D eigenvalue weighted by atomic mass is 10.5. The Morgan fingerprint density at radius 2 is 2.31 bits per heavy atom. The molecular weight excluding hydrogens is 272 g/mol. The minimum Gasteiger partial charge on any atom is -0.496 e. The average molecular weight is 277 g/mol. The van der Waals surface area contributed by atoms with Gasteiger partial charge in [0.15, 0.2) is 8.92 Å². The van der Waals surface area contributed by atoms with E-state index in [2.05, 4.69) is 26.1 Å². The summed E-state index contributed by atoms with van der Waals surface area (Å²) in [7, 11) is 1.65. The maximum absolute atomic E-state index is 5.08. The van der Waals surface area contributed by atoms with Crippen LogP contribution in [0, 0.1) is 0 Å². The van der Waals surface area contributed by atoms with Crippen LogP contribution in [-0.4, -0.2) is 17.3 Å². The second kappa shape index (κ2) is 3.73. The lowest BCUT2D eigenvalue weighted by Crippen LogP contribution is -1.76. The molecular formula is C7H5BrN2OS2. The van der Waals surface area contributed by atoms with Gasteiger partial charge >= 0.3 is 0 Å². The van der Waals surface area contributed by atoms with Gasteiger partial charge in [-0.25, -0.2) is 0 Å². The molecule has 0 spiro atoms. The van der Waals surface area contributed by atoms with Gasteiger partial charge in [0, 0.05) is 11.4 Å². The molecule has 0 aliphatic rings. The van der Waals surface area contributed by atoms with Crippen LogP contribution in [0.1, 0.15) is 0 Å². The molecule has 0 saturated heterocycles. The first kappa shape index (κ1) is 9.11. The topological polar surface area (TPSA) is 35.0 Å². The highest BCUT2D eigenvalue weighted by molar-refractivity contribution is 9.11. The quantitative estimate of drug-likeness (QED) is 0.846. The fraction of sp³-hybridized carbons (Fsp3) is 0.143. The van der Waals surface area contributed by atoms with Crippen molar-refractivity contribution < 1.29 is 4.74 Å². The first-order valence-corrected chi connectivity index (χ1v) is 5.90. The Hall–Kier alpha value is -0.460. The molecule has 0 aliphatic carbocycles. The van der Waals surface area contributed by atoms with Crippen molar-refractivity contribution in [2.45, 2.75) is 0 Å². The lowest BCUT2D eigenvalue weighted by Gasteiger charge is -1.88. The van der Waals surface area contributed by atoms with Gasteiger partial charge in [-0.15, -0.1) is 21.5 Å². The Kier molecular flexibility index (Phi) is 2.61. The summed E-state index contributed by atoms with van der Waals surface area (Å²) in [6, 6.07) is 1.96. The van der Waals surface area contributed by atoms with Crippen LogP contribution in [0.3, 0.4) is 0 Å². The van der Waals surface area contributed by atoms with E-state index in [0.717, 1.165) is 19.6 Å². The molecule has 0 radical (unpaired) electrons. The Morgan fingerprint density at radius 1 is 1.46 bits per heavy atom. The molecule has 0 aliphatic heterocycles. The van der Waals surface area contributed by atoms with E-state index in [4.69, 9.17) is 4.74 Å². The molecule has 0 atom stereocenters. The summed E-state index contributed by atoms with van der Waals surface area (Å²) in [6.45, 7) is 0. The monoisotopic (exact) mass is 276 g/mol. The van der Waals surface area contributed by atoms with Crippen molar-refractivity contribution in [3.8, 4) is 15.6 Å². The van der Waals surface area contributed by atoms with Crippen molar-refractivity contribution in [1.82, 2.24) is 10.2 Å². The molecule has 2 heterocycles. The highest BCUT2D eigenvalue weighted by atomic mass is 79.9. The summed E-state index contributed by atoms with van der Waals surface area (Å²) in [5.74, 6) is 0.867. The highest BCUT2D eigenvalue weighted by Gasteiger charge is 2.07. The zero-order valence-electron chi connectivity index (χ0n) is 6.65. The van der Waals surface area contributed by atoms with E-state index in [1.165, 1.54) is 11.3 Å². The van der Waals surface area contributed by atoms with E-state index in [9.17, 15) is 0 Å². The predicted molar refractivity (Wildman–Crippen MR) is 57.5 cm³/mol. The van der Waals surface area contributed by atoms with Crippen molar-refractivity contribution in [1.29, 1.82) is 0 Å². The number of rotatable bonds is 2. The van der Waals surface area contributed by atoms with Gasteiger partial charge in [-0.2, -0.15) is 0 Å². The molecule has 0 bridgehead atoms. The maximum Gasteiger partial charge on any atom is 0.183 e. The van der Waals surface area contributed by atoms with Gasteiger partial charge in [-0.1, -0.05) is 11.3 Å². The third-order valence-corrected chi connectivity index (χ3v) is 3.86. The first-order chi connectivity index (χ1) is 6.29. The second-order valence-corrected chi connectivity index (χ2v) is 5.38. The number of methoxy groups -OCH3 is 1. The third kappa shape index (κ3) is 1.90. The summed E-state index contributed by atoms with van der Waals surface area (Å²) in [6.07, 6.45) is 0. The fourth-order valence-electron chi connectivity index (χ4n) is 0.843. The average Bonchev–Trinajstić information content (AvgIpc) is 2.71. The van der Waals surface area contributed by atoms with Crippen LogP contribution in [0.4, 0.5) is 0 Å². The minimum atomic E-state index is 0.801. The van der Waals surface area contributed by atoms with Gasteiger partial charge in [-0.3, -0.25) is 0 Å². The van der Waals surface area contributed by atoms with Crippen LogP contribution in [0.25, 0.3) is 9.88 Å². The van der Waals surface area contributed by atoms with Crippen LogP contribution in [0.5, 0.6) is 5.75 Å². The lowest BCUT2D eigenvalue weighted by molar-refractivity contribution is 0.417. The molecule has 3 nitrogen and oxygen atoms in total. The summed E-state index contributed by atoms with van der Waals surface area (Å²) < 4.78 is 5.88. The Balaban J connectivity index is 2.35. The standard InChI is InChI=1S/C7H5BrN2OS2/c1-11-4-2-5(12-3-4)6-9-10-7(8)13-6/h2-3H,1H3. The highest BCUT2D eigenvalue weighted by Crippen LogP contribution is 2.33. The van der Waals surface area contributed by atoms with E-state index in [-0.39, 0.29) is 0 Å². The van der Waals surface area contributed by atoms with Gasteiger partial charge in [0.25, 0.3) is 0 Å². The van der Waals surface area contributed by atoms with Crippen LogP contribution in [0.2, 0.25) is 0 Å². The van der Waals surface area contributed by atoms with Crippen LogP contribution < -0.4 is 4.74 Å². The van der Waals surface area contributed by atoms with Crippen LogP contribution in [0.15, 0.2) is 15.4 Å². The molecule has 13 heavy (non-hydrogen) atoms. The van der Waals surface area contributed by atoms with Crippen molar-refractivity contribution in [2.24, 2.45) is 0 Å². The van der Waals surface area contributed by atoms with E-state index >= 15 is 0 Å². The maximum atomic E-state index is 5.08. The zero-order valence-corrected chi connectivity index (χ0v) is 9.87. The largest absolute Gasteiger partial charge is 0.496 e. The van der Waals surface area contributed by atoms with E-state index in [1.54, 1.807) is 18.4 Å². The third-order valence-electron chi connectivity index (χ3n) is 1.42. The molecule has 0 unspecified atom stereocenters. The van der Waals surface area contributed by atoms with Crippen molar-refractivity contribution in [3.63, 3.8) is 0 Å². The van der Waals surface area contributed by atoms with Gasteiger partial charge < -0.3 is 4.74 Å². The molecule has 0 N–H and O–H groups in total. The minimum absolute atomic E-state index is 0.801. The number of hydrogen-bond acceptors (Lipinski definition) is 5. The number of ether oxygens (including phenoxy) is 1. The zero-order chi connectivity index (χ0) is 9.26. The normalized spacial score (nSPS) is 10.3. The molecule has 68 valence electrons. The van der Waals surface area contributed by atoms with Gasteiger partial charge in [0.2, 0.25) is 0 Å². The summed E-state index contributed by atoms with van der Waals surface area (Å²) >= 11 is 6.39. The van der Waals surface area contributed by atoms with Gasteiger partial charge in [0.05, 0.1) is 12.0 Å². The van der Waals surface area contributed by atoms with Crippen molar-refractivity contribution in [2.75, 3.05) is 7.11 Å². The molecule has 2 rings (SSSR count). The van der Waals surface area contributed by atoms with Crippen molar-refractivity contribution >= 4 is 38.6 Å². The van der Waals surface area contributed by atoms with E-state index in [0.29, 0.717) is 0 Å². The molecule has 6 heteroatoms. The number of thiophene rings is 1. The SMILES string of the molecule is COc1csc(-c2nnc(Br)s2)c1. The molecule has 0 amide bonds. The first-order valence-electron chi connectivity index (χ1n) is 3.41. The summed E-state index contributed by atoms with van der Waals surface area (Å²) in [5, 5.41) is 10.8. The predicted octanol–water partition coefficient (Wildman–Crippen LogP) is 3.04. The summed E-state index contributed by atoms with van der Waals surface area (Å²) in [5.41, 5.74) is 0. The van der Waals surface area contributed by atoms with Gasteiger partial charge in [-0.05, 0) is 15.9 Å². The molecule has 2 aromatic rings. The van der Waals surface area contributed by atoms with E-state index < -0.39 is 0 Å². The Labute approximate surface area is 91.5 Å². The summed E-state index contributed by atoms with van der Waals surface area (Å²) in [4.78, 5) is 1.08. The molecule has 0 fully saturated rings. The number of nitrogens with zero attached hydrogens (tertiary/aromatic N) is 2. The smallest absolute Gasteiger partial charge is 0.183 e. The number of halogens is 1. The van der Waals surface area contributed by atoms with Crippen LogP contribution >= 0.6 is 38.6 Å². The number of hydrogen-bond donors (Lipinski definition) is 0.